The average Bonchev–Trinajstić information content (AvgIpc) is 2.63. The minimum Gasteiger partial charge on any atom is -0.459 e. The molecular formula is C21H21NO2. The number of carbonyl (C=O) groups excluding carboxylic acids is 1. The van der Waals surface area contributed by atoms with Crippen molar-refractivity contribution in [3.05, 3.63) is 78.4 Å². The van der Waals surface area contributed by atoms with Crippen molar-refractivity contribution in [2.75, 3.05) is 11.9 Å². The average molecular weight is 319 g/mol. The second kappa shape index (κ2) is 7.64. The summed E-state index contributed by atoms with van der Waals surface area (Å²) < 4.78 is 5.23. The van der Waals surface area contributed by atoms with Crippen LogP contribution in [0.5, 0.6) is 0 Å². The highest BCUT2D eigenvalue weighted by molar-refractivity contribution is 5.90. The van der Waals surface area contributed by atoms with Crippen LogP contribution in [0.1, 0.15) is 23.7 Å². The third-order valence-corrected chi connectivity index (χ3v) is 3.97. The zero-order chi connectivity index (χ0) is 16.8. The number of nitrogens with one attached hydrogen (secondary N) is 1. The van der Waals surface area contributed by atoms with Gasteiger partial charge in [-0.2, -0.15) is 0 Å². The lowest BCUT2D eigenvalue weighted by Crippen LogP contribution is -2.19. The Morgan fingerprint density at radius 3 is 1.96 bits per heavy atom. The van der Waals surface area contributed by atoms with E-state index in [0.717, 1.165) is 18.7 Å². The van der Waals surface area contributed by atoms with Crippen molar-refractivity contribution >= 4 is 22.4 Å². The quantitative estimate of drug-likeness (QED) is 0.600. The molecule has 0 aromatic heterocycles. The first kappa shape index (κ1) is 16.1. The smallest absolute Gasteiger partial charge is 0.338 e. The maximum absolute atomic E-state index is 11.5. The van der Waals surface area contributed by atoms with Crippen LogP contribution in [0.4, 0.5) is 5.69 Å². The van der Waals surface area contributed by atoms with E-state index in [1.807, 2.05) is 19.1 Å². The van der Waals surface area contributed by atoms with Crippen LogP contribution in [0, 0.1) is 0 Å². The number of ether oxygens (including phenoxy) is 1. The summed E-state index contributed by atoms with van der Waals surface area (Å²) in [6, 6.07) is 24.1. The molecule has 0 saturated carbocycles. The lowest BCUT2D eigenvalue weighted by Gasteiger charge is -2.16. The zero-order valence-electron chi connectivity index (χ0n) is 13.7. The first-order chi connectivity index (χ1) is 11.7. The van der Waals surface area contributed by atoms with E-state index in [9.17, 15) is 4.79 Å². The predicted octanol–water partition coefficient (Wildman–Crippen LogP) is 4.89. The van der Waals surface area contributed by atoms with Crippen molar-refractivity contribution < 1.29 is 9.53 Å². The zero-order valence-corrected chi connectivity index (χ0v) is 13.7. The van der Waals surface area contributed by atoms with E-state index in [4.69, 9.17) is 4.74 Å². The molecule has 0 amide bonds. The molecule has 2 aliphatic heterocycles. The monoisotopic (exact) mass is 319 g/mol. The standard InChI is InChI=1S/C11H13NO2.C10H8/c1-8-6-7-12-10-4-2-9(3-5-10)11(13)14-8;1-2-6-10-8-4-3-7-9(10)5-1/h2-5,8,12H,6-7H2,1H3;1-8H. The Balaban J connectivity index is 0.000000149. The van der Waals surface area contributed by atoms with Gasteiger partial charge in [0.25, 0.3) is 0 Å². The van der Waals surface area contributed by atoms with Crippen molar-refractivity contribution in [2.24, 2.45) is 0 Å². The van der Waals surface area contributed by atoms with Gasteiger partial charge < -0.3 is 10.1 Å². The van der Waals surface area contributed by atoms with Gasteiger partial charge in [0, 0.05) is 18.7 Å². The van der Waals surface area contributed by atoms with Gasteiger partial charge in [-0.25, -0.2) is 4.79 Å². The lowest BCUT2D eigenvalue weighted by molar-refractivity contribution is 0.0331. The molecule has 0 fully saturated rings. The molecule has 0 saturated heterocycles. The van der Waals surface area contributed by atoms with Crippen molar-refractivity contribution in [2.45, 2.75) is 19.4 Å². The SMILES string of the molecule is CC1CCNc2ccc(cc2)C(=O)O1.c1ccc2ccccc2c1. The van der Waals surface area contributed by atoms with Crippen molar-refractivity contribution in [3.8, 4) is 0 Å². The third-order valence-electron chi connectivity index (χ3n) is 3.97. The molecule has 2 aliphatic rings. The topological polar surface area (TPSA) is 38.3 Å². The van der Waals surface area contributed by atoms with Crippen molar-refractivity contribution in [3.63, 3.8) is 0 Å². The van der Waals surface area contributed by atoms with Gasteiger partial charge in [-0.15, -0.1) is 0 Å². The normalized spacial score (nSPS) is 16.5. The summed E-state index contributed by atoms with van der Waals surface area (Å²) >= 11 is 0. The molecule has 0 radical (unpaired) electrons. The summed E-state index contributed by atoms with van der Waals surface area (Å²) in [5.41, 5.74) is 1.67. The summed E-state index contributed by atoms with van der Waals surface area (Å²) in [7, 11) is 0. The Labute approximate surface area is 142 Å². The highest BCUT2D eigenvalue weighted by atomic mass is 16.5. The number of hydrogen-bond acceptors (Lipinski definition) is 3. The molecule has 3 heteroatoms. The molecule has 2 bridgehead atoms. The number of hydrogen-bond donors (Lipinski definition) is 1. The minimum atomic E-state index is -0.231. The van der Waals surface area contributed by atoms with E-state index in [1.165, 1.54) is 10.8 Å². The largest absolute Gasteiger partial charge is 0.459 e. The number of fused-ring (bicyclic) bond motifs is 8. The van der Waals surface area contributed by atoms with Gasteiger partial charge in [-0.1, -0.05) is 48.5 Å². The highest BCUT2D eigenvalue weighted by Crippen LogP contribution is 2.14. The van der Waals surface area contributed by atoms with E-state index in [0.29, 0.717) is 5.56 Å². The number of esters is 1. The lowest BCUT2D eigenvalue weighted by atomic mass is 10.1. The van der Waals surface area contributed by atoms with Gasteiger partial charge in [0.15, 0.2) is 0 Å². The number of rotatable bonds is 0. The molecule has 3 aromatic rings. The molecule has 2 heterocycles. The number of benzene rings is 3. The molecule has 1 atom stereocenters. The van der Waals surface area contributed by atoms with Crippen LogP contribution in [0.3, 0.4) is 0 Å². The summed E-state index contributed by atoms with van der Waals surface area (Å²) in [5, 5.41) is 5.88. The second-order valence-electron chi connectivity index (χ2n) is 5.86. The van der Waals surface area contributed by atoms with Crippen LogP contribution in [0.25, 0.3) is 10.8 Å². The molecule has 122 valence electrons. The Hall–Kier alpha value is -2.81. The molecule has 5 rings (SSSR count). The molecule has 0 aliphatic carbocycles. The van der Waals surface area contributed by atoms with E-state index in [1.54, 1.807) is 12.1 Å². The molecule has 0 spiro atoms. The van der Waals surface area contributed by atoms with Crippen LogP contribution in [0.15, 0.2) is 72.8 Å². The Bertz CT molecular complexity index is 746. The molecule has 24 heavy (non-hydrogen) atoms. The summed E-state index contributed by atoms with van der Waals surface area (Å²) in [6.45, 7) is 2.74. The van der Waals surface area contributed by atoms with Gasteiger partial charge >= 0.3 is 5.97 Å². The van der Waals surface area contributed by atoms with Gasteiger partial charge in [0.05, 0.1) is 5.56 Å². The summed E-state index contributed by atoms with van der Waals surface area (Å²) in [6.07, 6.45) is 0.814. The first-order valence-corrected chi connectivity index (χ1v) is 8.21. The van der Waals surface area contributed by atoms with Crippen LogP contribution >= 0.6 is 0 Å². The molecular weight excluding hydrogens is 298 g/mol. The maximum atomic E-state index is 11.5. The molecule has 1 unspecified atom stereocenters. The third kappa shape index (κ3) is 4.13. The van der Waals surface area contributed by atoms with Crippen LogP contribution in [0.2, 0.25) is 0 Å². The molecule has 1 N–H and O–H groups in total. The fraction of sp³-hybridized carbons (Fsp3) is 0.190. The minimum absolute atomic E-state index is 0.0238. The van der Waals surface area contributed by atoms with Gasteiger partial charge in [-0.3, -0.25) is 0 Å². The van der Waals surface area contributed by atoms with Crippen LogP contribution < -0.4 is 5.32 Å². The fourth-order valence-electron chi connectivity index (χ4n) is 2.59. The van der Waals surface area contributed by atoms with E-state index >= 15 is 0 Å². The molecule has 3 aromatic carbocycles. The number of anilines is 1. The predicted molar refractivity (Wildman–Crippen MR) is 98.4 cm³/mol. The van der Waals surface area contributed by atoms with Gasteiger partial charge in [0.2, 0.25) is 0 Å². The Morgan fingerprint density at radius 2 is 1.42 bits per heavy atom. The van der Waals surface area contributed by atoms with E-state index in [-0.39, 0.29) is 12.1 Å². The van der Waals surface area contributed by atoms with Crippen molar-refractivity contribution in [1.82, 2.24) is 0 Å². The van der Waals surface area contributed by atoms with Crippen LogP contribution in [-0.2, 0) is 4.74 Å². The second-order valence-corrected chi connectivity index (χ2v) is 5.86. The van der Waals surface area contributed by atoms with Crippen LogP contribution in [-0.4, -0.2) is 18.6 Å². The Kier molecular flexibility index (Phi) is 5.12. The first-order valence-electron chi connectivity index (χ1n) is 8.21. The maximum Gasteiger partial charge on any atom is 0.338 e. The van der Waals surface area contributed by atoms with Crippen molar-refractivity contribution in [1.29, 1.82) is 0 Å². The summed E-state index contributed by atoms with van der Waals surface area (Å²) in [4.78, 5) is 11.5. The number of carbonyl (C=O) groups is 1. The summed E-state index contributed by atoms with van der Waals surface area (Å²) in [5.74, 6) is -0.231. The fourth-order valence-corrected chi connectivity index (χ4v) is 2.59. The Morgan fingerprint density at radius 1 is 0.875 bits per heavy atom. The van der Waals surface area contributed by atoms with Gasteiger partial charge in [-0.05, 0) is 42.0 Å². The molecule has 3 nitrogen and oxygen atoms in total. The van der Waals surface area contributed by atoms with Gasteiger partial charge in [0.1, 0.15) is 6.10 Å². The van der Waals surface area contributed by atoms with E-state index < -0.39 is 0 Å². The van der Waals surface area contributed by atoms with E-state index in [2.05, 4.69) is 53.8 Å². The highest BCUT2D eigenvalue weighted by Gasteiger charge is 2.13.